The van der Waals surface area contributed by atoms with E-state index in [1.807, 2.05) is 0 Å². The Hall–Kier alpha value is -1.00. The Kier molecular flexibility index (Phi) is 4.66. The van der Waals surface area contributed by atoms with Gasteiger partial charge in [-0.15, -0.1) is 0 Å². The number of nitrogens with one attached hydrogen (secondary N) is 1. The van der Waals surface area contributed by atoms with Crippen molar-refractivity contribution >= 4 is 0 Å². The second-order valence-corrected chi connectivity index (χ2v) is 5.01. The molecule has 1 aliphatic heterocycles. The molecule has 0 bridgehead atoms. The Balaban J connectivity index is 1.98. The van der Waals surface area contributed by atoms with E-state index in [2.05, 4.69) is 17.1 Å². The smallest absolute Gasteiger partial charge is 0.130 e. The van der Waals surface area contributed by atoms with Crippen LogP contribution in [0.15, 0.2) is 18.2 Å². The molecule has 1 saturated heterocycles. The molecule has 1 aromatic rings. The second kappa shape index (κ2) is 6.25. The summed E-state index contributed by atoms with van der Waals surface area (Å²) < 4.78 is 26.4. The number of hydrogen-bond acceptors (Lipinski definition) is 2. The summed E-state index contributed by atoms with van der Waals surface area (Å²) in [6.07, 6.45) is 2.12. The Morgan fingerprint density at radius 2 is 2.17 bits per heavy atom. The number of rotatable bonds is 2. The van der Waals surface area contributed by atoms with Gasteiger partial charge < -0.3 is 5.32 Å². The summed E-state index contributed by atoms with van der Waals surface area (Å²) in [6, 6.07) is 4.34. The molecule has 1 fully saturated rings. The van der Waals surface area contributed by atoms with Gasteiger partial charge in [0.15, 0.2) is 0 Å². The Morgan fingerprint density at radius 3 is 2.94 bits per heavy atom. The van der Waals surface area contributed by atoms with Crippen molar-refractivity contribution in [2.24, 2.45) is 0 Å². The zero-order valence-electron chi connectivity index (χ0n) is 10.8. The fourth-order valence-corrected chi connectivity index (χ4v) is 2.29. The highest BCUT2D eigenvalue weighted by Gasteiger charge is 2.13. The molecule has 1 aromatic carbocycles. The van der Waals surface area contributed by atoms with Crippen LogP contribution in [0.3, 0.4) is 0 Å². The summed E-state index contributed by atoms with van der Waals surface area (Å²) in [7, 11) is 0. The monoisotopic (exact) mass is 254 g/mol. The van der Waals surface area contributed by atoms with Gasteiger partial charge in [-0.25, -0.2) is 8.78 Å². The van der Waals surface area contributed by atoms with E-state index < -0.39 is 11.6 Å². The van der Waals surface area contributed by atoms with Crippen molar-refractivity contribution in [2.45, 2.75) is 32.4 Å². The maximum Gasteiger partial charge on any atom is 0.130 e. The molecule has 0 spiro atoms. The third-order valence-corrected chi connectivity index (χ3v) is 3.43. The maximum absolute atomic E-state index is 13.6. The molecule has 2 rings (SSSR count). The van der Waals surface area contributed by atoms with Crippen LogP contribution in [0.2, 0.25) is 0 Å². The zero-order chi connectivity index (χ0) is 13.0. The van der Waals surface area contributed by atoms with E-state index in [1.54, 1.807) is 6.07 Å². The van der Waals surface area contributed by atoms with Crippen molar-refractivity contribution in [2.75, 3.05) is 19.6 Å². The van der Waals surface area contributed by atoms with Crippen LogP contribution in [0.25, 0.3) is 0 Å². The minimum Gasteiger partial charge on any atom is -0.314 e. The molecule has 1 heterocycles. The van der Waals surface area contributed by atoms with Gasteiger partial charge in [-0.1, -0.05) is 6.07 Å². The first-order chi connectivity index (χ1) is 8.65. The third kappa shape index (κ3) is 3.75. The minimum atomic E-state index is -0.512. The lowest BCUT2D eigenvalue weighted by Crippen LogP contribution is -2.38. The molecule has 1 atom stereocenters. The highest BCUT2D eigenvalue weighted by Crippen LogP contribution is 2.13. The van der Waals surface area contributed by atoms with E-state index in [9.17, 15) is 8.78 Å². The van der Waals surface area contributed by atoms with E-state index in [4.69, 9.17) is 0 Å². The van der Waals surface area contributed by atoms with Crippen LogP contribution >= 0.6 is 0 Å². The predicted octanol–water partition coefficient (Wildman–Crippen LogP) is 2.54. The fourth-order valence-electron chi connectivity index (χ4n) is 2.29. The summed E-state index contributed by atoms with van der Waals surface area (Å²) in [5.41, 5.74) is 0.581. The number of nitrogens with zero attached hydrogens (tertiary/aromatic N) is 1. The topological polar surface area (TPSA) is 15.3 Å². The molecule has 0 amide bonds. The zero-order valence-corrected chi connectivity index (χ0v) is 10.8. The lowest BCUT2D eigenvalue weighted by Gasteiger charge is -2.27. The average molecular weight is 254 g/mol. The molecular formula is C14H20F2N2. The van der Waals surface area contributed by atoms with Crippen LogP contribution in [-0.4, -0.2) is 30.6 Å². The lowest BCUT2D eigenvalue weighted by atomic mass is 10.1. The first-order valence-electron chi connectivity index (χ1n) is 6.55. The van der Waals surface area contributed by atoms with Gasteiger partial charge in [-0.2, -0.15) is 0 Å². The van der Waals surface area contributed by atoms with Gasteiger partial charge in [0.2, 0.25) is 0 Å². The Morgan fingerprint density at radius 1 is 1.33 bits per heavy atom. The van der Waals surface area contributed by atoms with Crippen LogP contribution in [0, 0.1) is 11.6 Å². The number of halogens is 2. The molecule has 0 radical (unpaired) electrons. The van der Waals surface area contributed by atoms with Crippen molar-refractivity contribution in [3.8, 4) is 0 Å². The number of benzene rings is 1. The van der Waals surface area contributed by atoms with Gasteiger partial charge in [0.1, 0.15) is 11.6 Å². The standard InChI is InChI=1S/C14H20F2N2/c1-11-5-8-18(7-2-6-17-11)10-12-3-4-13(15)9-14(12)16/h3-4,9,11,17H,2,5-8,10H2,1H3. The van der Waals surface area contributed by atoms with Crippen LogP contribution < -0.4 is 5.32 Å². The van der Waals surface area contributed by atoms with E-state index in [0.717, 1.165) is 38.5 Å². The van der Waals surface area contributed by atoms with Crippen molar-refractivity contribution in [1.29, 1.82) is 0 Å². The second-order valence-electron chi connectivity index (χ2n) is 5.01. The van der Waals surface area contributed by atoms with Crippen molar-refractivity contribution in [3.63, 3.8) is 0 Å². The molecule has 1 N–H and O–H groups in total. The van der Waals surface area contributed by atoms with E-state index in [1.165, 1.54) is 6.07 Å². The Labute approximate surface area is 107 Å². The van der Waals surface area contributed by atoms with Crippen LogP contribution in [0.5, 0.6) is 0 Å². The van der Waals surface area contributed by atoms with Gasteiger partial charge in [-0.3, -0.25) is 4.90 Å². The van der Waals surface area contributed by atoms with Gasteiger partial charge in [0.25, 0.3) is 0 Å². The highest BCUT2D eigenvalue weighted by atomic mass is 19.1. The molecule has 4 heteroatoms. The van der Waals surface area contributed by atoms with Crippen molar-refractivity contribution in [1.82, 2.24) is 10.2 Å². The van der Waals surface area contributed by atoms with E-state index in [0.29, 0.717) is 18.2 Å². The first kappa shape index (κ1) is 13.4. The molecular weight excluding hydrogens is 234 g/mol. The number of hydrogen-bond donors (Lipinski definition) is 1. The molecule has 0 aromatic heterocycles. The van der Waals surface area contributed by atoms with Crippen molar-refractivity contribution in [3.05, 3.63) is 35.4 Å². The predicted molar refractivity (Wildman–Crippen MR) is 68.3 cm³/mol. The molecule has 1 unspecified atom stereocenters. The van der Waals surface area contributed by atoms with Gasteiger partial charge in [0, 0.05) is 24.2 Å². The van der Waals surface area contributed by atoms with E-state index >= 15 is 0 Å². The summed E-state index contributed by atoms with van der Waals surface area (Å²) in [4.78, 5) is 2.24. The Bertz CT molecular complexity index is 395. The molecule has 100 valence electrons. The lowest BCUT2D eigenvalue weighted by molar-refractivity contribution is 0.227. The minimum absolute atomic E-state index is 0.441. The average Bonchev–Trinajstić information content (AvgIpc) is 2.31. The molecule has 0 aliphatic carbocycles. The summed E-state index contributed by atoms with van der Waals surface area (Å²) in [6.45, 7) is 5.64. The fraction of sp³-hybridized carbons (Fsp3) is 0.571. The van der Waals surface area contributed by atoms with Crippen LogP contribution in [-0.2, 0) is 6.54 Å². The van der Waals surface area contributed by atoms with Gasteiger partial charge in [-0.05, 0) is 45.5 Å². The van der Waals surface area contributed by atoms with Gasteiger partial charge in [0.05, 0.1) is 0 Å². The van der Waals surface area contributed by atoms with Crippen LogP contribution in [0.4, 0.5) is 8.78 Å². The maximum atomic E-state index is 13.6. The molecule has 18 heavy (non-hydrogen) atoms. The molecule has 0 saturated carbocycles. The summed E-state index contributed by atoms with van der Waals surface area (Å²) in [5.74, 6) is -0.954. The summed E-state index contributed by atoms with van der Waals surface area (Å²) in [5, 5.41) is 3.44. The summed E-state index contributed by atoms with van der Waals surface area (Å²) >= 11 is 0. The first-order valence-corrected chi connectivity index (χ1v) is 6.55. The largest absolute Gasteiger partial charge is 0.314 e. The quantitative estimate of drug-likeness (QED) is 0.872. The SMILES string of the molecule is CC1CCN(Cc2ccc(F)cc2F)CCCN1. The van der Waals surface area contributed by atoms with Crippen LogP contribution in [0.1, 0.15) is 25.3 Å². The van der Waals surface area contributed by atoms with Gasteiger partial charge >= 0.3 is 0 Å². The highest BCUT2D eigenvalue weighted by molar-refractivity contribution is 5.18. The molecule has 1 aliphatic rings. The van der Waals surface area contributed by atoms with E-state index in [-0.39, 0.29) is 0 Å². The molecule has 2 nitrogen and oxygen atoms in total. The third-order valence-electron chi connectivity index (χ3n) is 3.43. The normalized spacial score (nSPS) is 22.5. The van der Waals surface area contributed by atoms with Crippen molar-refractivity contribution < 1.29 is 8.78 Å².